The summed E-state index contributed by atoms with van der Waals surface area (Å²) in [4.78, 5) is 32.2. The molecule has 0 unspecified atom stereocenters. The highest BCUT2D eigenvalue weighted by atomic mass is 19.1. The Labute approximate surface area is 208 Å². The Balaban J connectivity index is 1.41. The summed E-state index contributed by atoms with van der Waals surface area (Å²) in [6.07, 6.45) is 4.72. The molecule has 3 aromatic rings. The number of nitrogen functional groups attached to an aromatic ring is 1. The lowest BCUT2D eigenvalue weighted by Crippen LogP contribution is -2.38. The van der Waals surface area contributed by atoms with E-state index in [-0.39, 0.29) is 30.1 Å². The van der Waals surface area contributed by atoms with Crippen LogP contribution in [0.5, 0.6) is 0 Å². The van der Waals surface area contributed by atoms with Crippen molar-refractivity contribution in [2.24, 2.45) is 0 Å². The third-order valence-corrected chi connectivity index (χ3v) is 6.96. The molecule has 0 spiro atoms. The molecule has 0 radical (unpaired) electrons. The van der Waals surface area contributed by atoms with Gasteiger partial charge in [0.1, 0.15) is 12.4 Å². The van der Waals surface area contributed by atoms with Gasteiger partial charge in [-0.3, -0.25) is 14.3 Å². The van der Waals surface area contributed by atoms with Crippen LogP contribution < -0.4 is 11.1 Å². The number of aromatic nitrogens is 3. The Hall–Kier alpha value is -3.95. The van der Waals surface area contributed by atoms with Crippen molar-refractivity contribution in [2.45, 2.75) is 46.2 Å². The van der Waals surface area contributed by atoms with Gasteiger partial charge in [0.05, 0.1) is 5.69 Å². The largest absolute Gasteiger partial charge is 0.396 e. The van der Waals surface area contributed by atoms with Crippen LogP contribution in [-0.2, 0) is 22.6 Å². The third-order valence-electron chi connectivity index (χ3n) is 6.96. The standard InChI is InChI=1S/C26H30FN7O2/c1-15(2)33-9-6-19-12-23(31-34(19)14-24(33)36)30-22-11-18-10-20(25(27)26(28)21(18)13-29-22)17-4-7-32(8-5-17)16(3)35/h4,10-13,15H,5-9,14,28H2,1-3H3,(H,29,30,31). The molecule has 0 saturated carbocycles. The van der Waals surface area contributed by atoms with E-state index in [1.165, 1.54) is 6.92 Å². The predicted octanol–water partition coefficient (Wildman–Crippen LogP) is 3.32. The van der Waals surface area contributed by atoms with Crippen LogP contribution in [-0.4, -0.2) is 62.1 Å². The van der Waals surface area contributed by atoms with Gasteiger partial charge in [0, 0.05) is 67.9 Å². The van der Waals surface area contributed by atoms with Gasteiger partial charge in [-0.15, -0.1) is 0 Å². The lowest BCUT2D eigenvalue weighted by atomic mass is 9.95. The number of halogens is 1. The normalized spacial score (nSPS) is 16.2. The summed E-state index contributed by atoms with van der Waals surface area (Å²) in [6, 6.07) is 5.68. The van der Waals surface area contributed by atoms with Crippen molar-refractivity contribution in [3.8, 4) is 0 Å². The van der Waals surface area contributed by atoms with E-state index in [0.717, 1.165) is 23.1 Å². The van der Waals surface area contributed by atoms with E-state index in [9.17, 15) is 9.59 Å². The number of pyridine rings is 1. The van der Waals surface area contributed by atoms with Crippen LogP contribution in [0.3, 0.4) is 0 Å². The fourth-order valence-electron chi connectivity index (χ4n) is 4.91. The molecule has 3 N–H and O–H groups in total. The lowest BCUT2D eigenvalue weighted by molar-refractivity contribution is -0.133. The van der Waals surface area contributed by atoms with Crippen LogP contribution in [0.25, 0.3) is 16.3 Å². The smallest absolute Gasteiger partial charge is 0.244 e. The molecule has 2 aromatic heterocycles. The van der Waals surface area contributed by atoms with E-state index in [2.05, 4.69) is 15.4 Å². The summed E-state index contributed by atoms with van der Waals surface area (Å²) in [5, 5.41) is 9.06. The van der Waals surface area contributed by atoms with Crippen molar-refractivity contribution < 1.29 is 14.0 Å². The van der Waals surface area contributed by atoms with Gasteiger partial charge >= 0.3 is 0 Å². The van der Waals surface area contributed by atoms with Gasteiger partial charge in [0.2, 0.25) is 11.8 Å². The molecular formula is C26H30FN7O2. The molecule has 4 heterocycles. The number of nitrogens with one attached hydrogen (secondary N) is 1. The highest BCUT2D eigenvalue weighted by Gasteiger charge is 2.24. The molecule has 10 heteroatoms. The first-order valence-electron chi connectivity index (χ1n) is 12.2. The fraction of sp³-hybridized carbons (Fsp3) is 0.385. The zero-order chi connectivity index (χ0) is 25.6. The van der Waals surface area contributed by atoms with Crippen LogP contribution in [0, 0.1) is 5.82 Å². The molecule has 2 amide bonds. The van der Waals surface area contributed by atoms with Gasteiger partial charge in [-0.25, -0.2) is 9.37 Å². The summed E-state index contributed by atoms with van der Waals surface area (Å²) in [7, 11) is 0. The molecule has 1 aromatic carbocycles. The highest BCUT2D eigenvalue weighted by Crippen LogP contribution is 2.34. The molecule has 0 aliphatic carbocycles. The van der Waals surface area contributed by atoms with Crippen molar-refractivity contribution >= 4 is 45.5 Å². The molecule has 0 fully saturated rings. The third kappa shape index (κ3) is 4.38. The molecule has 0 bridgehead atoms. The van der Waals surface area contributed by atoms with Crippen LogP contribution in [0.1, 0.15) is 38.4 Å². The Morgan fingerprint density at radius 1 is 1.17 bits per heavy atom. The first kappa shape index (κ1) is 23.8. The molecule has 36 heavy (non-hydrogen) atoms. The number of fused-ring (bicyclic) bond motifs is 2. The topological polar surface area (TPSA) is 109 Å². The molecule has 188 valence electrons. The van der Waals surface area contributed by atoms with E-state index in [0.29, 0.717) is 48.6 Å². The van der Waals surface area contributed by atoms with Gasteiger partial charge in [-0.1, -0.05) is 6.08 Å². The minimum atomic E-state index is -0.467. The second kappa shape index (κ2) is 9.25. The van der Waals surface area contributed by atoms with Gasteiger partial charge in [0.15, 0.2) is 11.6 Å². The van der Waals surface area contributed by atoms with Crippen LogP contribution in [0.15, 0.2) is 30.5 Å². The minimum Gasteiger partial charge on any atom is -0.396 e. The van der Waals surface area contributed by atoms with Gasteiger partial charge in [-0.2, -0.15) is 5.10 Å². The molecule has 5 rings (SSSR count). The Morgan fingerprint density at radius 2 is 1.97 bits per heavy atom. The maximum Gasteiger partial charge on any atom is 0.244 e. The number of nitrogens with zero attached hydrogens (tertiary/aromatic N) is 5. The SMILES string of the molecule is CC(=O)N1CC=C(c2cc3cc(Nc4cc5n(n4)CC(=O)N(C(C)C)CC5)ncc3c(N)c2F)CC1. The van der Waals surface area contributed by atoms with Crippen molar-refractivity contribution in [2.75, 3.05) is 30.7 Å². The number of anilines is 3. The molecular weight excluding hydrogens is 461 g/mol. The Morgan fingerprint density at radius 3 is 2.67 bits per heavy atom. The van der Waals surface area contributed by atoms with Crippen molar-refractivity contribution in [1.82, 2.24) is 24.6 Å². The Bertz CT molecular complexity index is 1390. The second-order valence-electron chi connectivity index (χ2n) is 9.62. The van der Waals surface area contributed by atoms with Gasteiger partial charge in [0.25, 0.3) is 0 Å². The monoisotopic (exact) mass is 491 g/mol. The number of amides is 2. The molecule has 0 saturated heterocycles. The van der Waals surface area contributed by atoms with E-state index in [4.69, 9.17) is 5.73 Å². The first-order chi connectivity index (χ1) is 17.2. The van der Waals surface area contributed by atoms with Crippen molar-refractivity contribution in [3.63, 3.8) is 0 Å². The average Bonchev–Trinajstić information content (AvgIpc) is 3.14. The van der Waals surface area contributed by atoms with E-state index >= 15 is 4.39 Å². The summed E-state index contributed by atoms with van der Waals surface area (Å²) in [6.45, 7) is 7.42. The summed E-state index contributed by atoms with van der Waals surface area (Å²) >= 11 is 0. The number of benzene rings is 1. The first-order valence-corrected chi connectivity index (χ1v) is 12.2. The Kier molecular flexibility index (Phi) is 6.11. The second-order valence-corrected chi connectivity index (χ2v) is 9.62. The lowest BCUT2D eigenvalue weighted by Gasteiger charge is -2.26. The number of carbonyl (C=O) groups excluding carboxylic acids is 2. The maximum absolute atomic E-state index is 15.2. The van der Waals surface area contributed by atoms with Gasteiger partial charge < -0.3 is 20.9 Å². The van der Waals surface area contributed by atoms with Gasteiger partial charge in [-0.05, 0) is 43.4 Å². The molecule has 2 aliphatic heterocycles. The quantitative estimate of drug-likeness (QED) is 0.542. The summed E-state index contributed by atoms with van der Waals surface area (Å²) in [5.74, 6) is 0.727. The zero-order valence-corrected chi connectivity index (χ0v) is 20.7. The van der Waals surface area contributed by atoms with E-state index in [1.54, 1.807) is 21.8 Å². The van der Waals surface area contributed by atoms with Crippen molar-refractivity contribution in [1.29, 1.82) is 0 Å². The number of nitrogens with two attached hydrogens (primary N) is 1. The molecule has 9 nitrogen and oxygen atoms in total. The van der Waals surface area contributed by atoms with Crippen molar-refractivity contribution in [3.05, 3.63) is 47.5 Å². The number of hydrogen-bond donors (Lipinski definition) is 2. The number of hydrogen-bond acceptors (Lipinski definition) is 6. The number of carbonyl (C=O) groups is 2. The predicted molar refractivity (Wildman–Crippen MR) is 137 cm³/mol. The summed E-state index contributed by atoms with van der Waals surface area (Å²) < 4.78 is 16.9. The summed E-state index contributed by atoms with van der Waals surface area (Å²) in [5.41, 5.74) is 8.47. The van der Waals surface area contributed by atoms with Crippen LogP contribution >= 0.6 is 0 Å². The molecule has 2 aliphatic rings. The van der Waals surface area contributed by atoms with Crippen LogP contribution in [0.2, 0.25) is 0 Å². The fourth-order valence-corrected chi connectivity index (χ4v) is 4.91. The highest BCUT2D eigenvalue weighted by molar-refractivity contribution is 5.97. The number of rotatable bonds is 4. The maximum atomic E-state index is 15.2. The molecule has 0 atom stereocenters. The average molecular weight is 492 g/mol. The zero-order valence-electron chi connectivity index (χ0n) is 20.7. The van der Waals surface area contributed by atoms with E-state index in [1.807, 2.05) is 37.0 Å². The van der Waals surface area contributed by atoms with E-state index < -0.39 is 5.82 Å². The van der Waals surface area contributed by atoms with Crippen LogP contribution in [0.4, 0.5) is 21.7 Å². The minimum absolute atomic E-state index is 0.00351.